The second-order valence-corrected chi connectivity index (χ2v) is 4.95. The number of halogens is 4. The monoisotopic (exact) mass is 274 g/mol. The molecule has 0 unspecified atom stereocenters. The van der Waals surface area contributed by atoms with Gasteiger partial charge in [-0.05, 0) is 37.6 Å². The predicted octanol–water partition coefficient (Wildman–Crippen LogP) is 3.48. The summed E-state index contributed by atoms with van der Waals surface area (Å²) < 4.78 is 50.6. The standard InChI is InChI=1S/C13H14F4N2/c1-12(2,7-18)8-19-6-9-3-10(13(15,16)17)5-11(14)4-9/h3-5,19H,6,8H2,1-2H3. The average Bonchev–Trinajstić information content (AvgIpc) is 2.27. The zero-order valence-corrected chi connectivity index (χ0v) is 10.6. The van der Waals surface area contributed by atoms with E-state index in [1.54, 1.807) is 13.8 Å². The summed E-state index contributed by atoms with van der Waals surface area (Å²) in [5, 5.41) is 11.6. The van der Waals surface area contributed by atoms with Gasteiger partial charge >= 0.3 is 6.18 Å². The van der Waals surface area contributed by atoms with E-state index in [0.717, 1.165) is 12.1 Å². The van der Waals surface area contributed by atoms with Crippen LogP contribution in [0.5, 0.6) is 0 Å². The van der Waals surface area contributed by atoms with E-state index in [2.05, 4.69) is 11.4 Å². The average molecular weight is 274 g/mol. The van der Waals surface area contributed by atoms with E-state index in [0.29, 0.717) is 12.6 Å². The Hall–Kier alpha value is -1.61. The van der Waals surface area contributed by atoms with Gasteiger partial charge in [-0.1, -0.05) is 0 Å². The summed E-state index contributed by atoms with van der Waals surface area (Å²) in [6, 6.07) is 4.46. The van der Waals surface area contributed by atoms with Gasteiger partial charge in [0.05, 0.1) is 17.0 Å². The molecule has 0 heterocycles. The zero-order chi connectivity index (χ0) is 14.7. The highest BCUT2D eigenvalue weighted by atomic mass is 19.4. The van der Waals surface area contributed by atoms with Crippen LogP contribution in [0, 0.1) is 22.6 Å². The molecule has 1 rings (SSSR count). The largest absolute Gasteiger partial charge is 0.416 e. The number of nitriles is 1. The second-order valence-electron chi connectivity index (χ2n) is 4.95. The summed E-state index contributed by atoms with van der Waals surface area (Å²) >= 11 is 0. The van der Waals surface area contributed by atoms with Crippen LogP contribution in [0.4, 0.5) is 17.6 Å². The van der Waals surface area contributed by atoms with Gasteiger partial charge in [0.25, 0.3) is 0 Å². The first kappa shape index (κ1) is 15.4. The van der Waals surface area contributed by atoms with Gasteiger partial charge in [-0.25, -0.2) is 4.39 Å². The van der Waals surface area contributed by atoms with Crippen LogP contribution in [0.25, 0.3) is 0 Å². The lowest BCUT2D eigenvalue weighted by Gasteiger charge is -2.16. The zero-order valence-electron chi connectivity index (χ0n) is 10.6. The van der Waals surface area contributed by atoms with Crippen molar-refractivity contribution in [3.05, 3.63) is 35.1 Å². The van der Waals surface area contributed by atoms with Crippen LogP contribution in [-0.4, -0.2) is 6.54 Å². The van der Waals surface area contributed by atoms with Crippen LogP contribution < -0.4 is 5.32 Å². The molecule has 0 saturated heterocycles. The van der Waals surface area contributed by atoms with Crippen LogP contribution in [0.15, 0.2) is 18.2 Å². The predicted molar refractivity (Wildman–Crippen MR) is 62.5 cm³/mol. The molecule has 0 fully saturated rings. The van der Waals surface area contributed by atoms with Crippen molar-refractivity contribution in [1.82, 2.24) is 5.32 Å². The Bertz CT molecular complexity index is 486. The SMILES string of the molecule is CC(C)(C#N)CNCc1cc(F)cc(C(F)(F)F)c1. The molecular formula is C13H14F4N2. The number of benzene rings is 1. The van der Waals surface area contributed by atoms with E-state index >= 15 is 0 Å². The fraction of sp³-hybridized carbons (Fsp3) is 0.462. The summed E-state index contributed by atoms with van der Waals surface area (Å²) in [6.45, 7) is 3.78. The molecule has 0 aliphatic rings. The van der Waals surface area contributed by atoms with Gasteiger partial charge in [0.2, 0.25) is 0 Å². The van der Waals surface area contributed by atoms with Crippen molar-refractivity contribution in [3.8, 4) is 6.07 Å². The fourth-order valence-corrected chi connectivity index (χ4v) is 1.47. The van der Waals surface area contributed by atoms with Crippen molar-refractivity contribution in [2.75, 3.05) is 6.54 Å². The molecule has 0 bridgehead atoms. The van der Waals surface area contributed by atoms with Crippen molar-refractivity contribution in [2.45, 2.75) is 26.6 Å². The molecule has 1 aromatic rings. The smallest absolute Gasteiger partial charge is 0.311 e. The van der Waals surface area contributed by atoms with E-state index in [1.807, 2.05) is 0 Å². The van der Waals surface area contributed by atoms with Crippen molar-refractivity contribution in [1.29, 1.82) is 5.26 Å². The first-order valence-electron chi connectivity index (χ1n) is 5.63. The minimum atomic E-state index is -4.57. The summed E-state index contributed by atoms with van der Waals surface area (Å²) in [4.78, 5) is 0. The van der Waals surface area contributed by atoms with E-state index in [-0.39, 0.29) is 12.1 Å². The Morgan fingerprint density at radius 2 is 1.84 bits per heavy atom. The molecule has 6 heteroatoms. The molecule has 2 nitrogen and oxygen atoms in total. The lowest BCUT2D eigenvalue weighted by molar-refractivity contribution is -0.137. The van der Waals surface area contributed by atoms with E-state index < -0.39 is 23.0 Å². The first-order valence-corrected chi connectivity index (χ1v) is 5.63. The molecule has 0 spiro atoms. The molecule has 1 aromatic carbocycles. The van der Waals surface area contributed by atoms with Crippen LogP contribution in [-0.2, 0) is 12.7 Å². The summed E-state index contributed by atoms with van der Waals surface area (Å²) in [5.74, 6) is -0.925. The second kappa shape index (κ2) is 5.57. The molecule has 0 amide bonds. The Kier molecular flexibility index (Phi) is 4.53. The van der Waals surface area contributed by atoms with Crippen LogP contribution >= 0.6 is 0 Å². The third-order valence-corrected chi connectivity index (χ3v) is 2.48. The Morgan fingerprint density at radius 3 is 2.37 bits per heavy atom. The molecular weight excluding hydrogens is 260 g/mol. The van der Waals surface area contributed by atoms with Crippen molar-refractivity contribution in [3.63, 3.8) is 0 Å². The van der Waals surface area contributed by atoms with Gasteiger partial charge in [-0.2, -0.15) is 18.4 Å². The quantitative estimate of drug-likeness (QED) is 0.853. The highest BCUT2D eigenvalue weighted by Crippen LogP contribution is 2.30. The maximum Gasteiger partial charge on any atom is 0.416 e. The Balaban J connectivity index is 2.75. The highest BCUT2D eigenvalue weighted by molar-refractivity contribution is 5.26. The van der Waals surface area contributed by atoms with Crippen LogP contribution in [0.1, 0.15) is 25.0 Å². The minimum Gasteiger partial charge on any atom is -0.311 e. The topological polar surface area (TPSA) is 35.8 Å². The van der Waals surface area contributed by atoms with Crippen molar-refractivity contribution in [2.24, 2.45) is 5.41 Å². The number of hydrogen-bond acceptors (Lipinski definition) is 2. The number of nitrogens with one attached hydrogen (secondary N) is 1. The van der Waals surface area contributed by atoms with E-state index in [4.69, 9.17) is 5.26 Å². The van der Waals surface area contributed by atoms with Crippen molar-refractivity contribution < 1.29 is 17.6 Å². The van der Waals surface area contributed by atoms with Crippen molar-refractivity contribution >= 4 is 0 Å². The van der Waals surface area contributed by atoms with Gasteiger partial charge < -0.3 is 5.32 Å². The summed E-state index contributed by atoms with van der Waals surface area (Å²) in [5.41, 5.74) is -1.44. The maximum atomic E-state index is 13.1. The van der Waals surface area contributed by atoms with Crippen LogP contribution in [0.3, 0.4) is 0 Å². The Morgan fingerprint density at radius 1 is 1.21 bits per heavy atom. The minimum absolute atomic E-state index is 0.0753. The molecule has 0 aromatic heterocycles. The molecule has 19 heavy (non-hydrogen) atoms. The number of hydrogen-bond donors (Lipinski definition) is 1. The number of rotatable bonds is 4. The lowest BCUT2D eigenvalue weighted by Crippen LogP contribution is -2.27. The van der Waals surface area contributed by atoms with Gasteiger partial charge in [-0.3, -0.25) is 0 Å². The number of alkyl halides is 3. The third kappa shape index (κ3) is 4.87. The third-order valence-electron chi connectivity index (χ3n) is 2.48. The molecule has 0 aliphatic heterocycles. The van der Waals surface area contributed by atoms with E-state index in [9.17, 15) is 17.6 Å². The first-order chi connectivity index (χ1) is 8.64. The Labute approximate surface area is 109 Å². The van der Waals surface area contributed by atoms with Gasteiger partial charge in [0.15, 0.2) is 0 Å². The summed E-state index contributed by atoms with van der Waals surface area (Å²) in [7, 11) is 0. The van der Waals surface area contributed by atoms with E-state index in [1.165, 1.54) is 0 Å². The molecule has 0 radical (unpaired) electrons. The highest BCUT2D eigenvalue weighted by Gasteiger charge is 2.31. The number of nitrogens with zero attached hydrogens (tertiary/aromatic N) is 1. The normalized spacial score (nSPS) is 12.3. The summed E-state index contributed by atoms with van der Waals surface area (Å²) in [6.07, 6.45) is -4.57. The van der Waals surface area contributed by atoms with Gasteiger partial charge in [-0.15, -0.1) is 0 Å². The molecule has 0 aliphatic carbocycles. The molecule has 0 saturated carbocycles. The van der Waals surface area contributed by atoms with Gasteiger partial charge in [0, 0.05) is 13.1 Å². The lowest BCUT2D eigenvalue weighted by atomic mass is 9.96. The maximum absolute atomic E-state index is 13.1. The molecule has 1 N–H and O–H groups in total. The van der Waals surface area contributed by atoms with Gasteiger partial charge in [0.1, 0.15) is 5.82 Å². The molecule has 0 atom stereocenters. The fourth-order valence-electron chi connectivity index (χ4n) is 1.47. The van der Waals surface area contributed by atoms with Crippen LogP contribution in [0.2, 0.25) is 0 Å². The molecule has 104 valence electrons.